The number of nitrogens with two attached hydrogens (primary N) is 1. The molecule has 0 unspecified atom stereocenters. The number of rotatable bonds is 1. The van der Waals surface area contributed by atoms with Gasteiger partial charge < -0.3 is 5.73 Å². The molecule has 2 aromatic rings. The average molecular weight is 184 g/mol. The maximum atomic E-state index is 5.41. The van der Waals surface area contributed by atoms with Crippen molar-refractivity contribution in [2.24, 2.45) is 0 Å². The van der Waals surface area contributed by atoms with Crippen molar-refractivity contribution in [3.05, 3.63) is 11.6 Å². The van der Waals surface area contributed by atoms with Crippen LogP contribution in [0.15, 0.2) is 11.6 Å². The van der Waals surface area contributed by atoms with Gasteiger partial charge in [0.05, 0.1) is 0 Å². The van der Waals surface area contributed by atoms with E-state index in [9.17, 15) is 0 Å². The predicted molar refractivity (Wildman–Crippen MR) is 45.4 cm³/mol. The van der Waals surface area contributed by atoms with Crippen molar-refractivity contribution >= 4 is 28.0 Å². The second-order valence-electron chi connectivity index (χ2n) is 1.79. The van der Waals surface area contributed by atoms with Crippen LogP contribution < -0.4 is 5.73 Å². The van der Waals surface area contributed by atoms with Gasteiger partial charge in [0.15, 0.2) is 10.1 Å². The van der Waals surface area contributed by atoms with Gasteiger partial charge in [0.25, 0.3) is 0 Å². The monoisotopic (exact) mass is 184 g/mol. The van der Waals surface area contributed by atoms with E-state index in [0.29, 0.717) is 11.0 Å². The molecule has 0 saturated carbocycles. The van der Waals surface area contributed by atoms with Crippen molar-refractivity contribution in [3.63, 3.8) is 0 Å². The largest absolute Gasteiger partial charge is 0.374 e. The van der Waals surface area contributed by atoms with Crippen molar-refractivity contribution in [2.45, 2.75) is 0 Å². The molecule has 0 atom stereocenters. The van der Waals surface area contributed by atoms with Gasteiger partial charge in [-0.3, -0.25) is 0 Å². The van der Waals surface area contributed by atoms with Gasteiger partial charge in [-0.1, -0.05) is 0 Å². The molecule has 6 heteroatoms. The molecule has 56 valence electrons. The minimum absolute atomic E-state index is 0.482. The summed E-state index contributed by atoms with van der Waals surface area (Å²) < 4.78 is 4.01. The highest BCUT2D eigenvalue weighted by atomic mass is 32.1. The Labute approximate surface area is 70.9 Å². The van der Waals surface area contributed by atoms with Crippen molar-refractivity contribution in [3.8, 4) is 10.8 Å². The molecule has 0 aliphatic carbocycles. The van der Waals surface area contributed by atoms with E-state index in [1.165, 1.54) is 22.9 Å². The molecular weight excluding hydrogens is 180 g/mol. The molecule has 2 rings (SSSR count). The molecule has 0 saturated heterocycles. The topological polar surface area (TPSA) is 64.7 Å². The van der Waals surface area contributed by atoms with E-state index in [-0.39, 0.29) is 0 Å². The number of nitrogen functional groups attached to an aromatic ring is 1. The van der Waals surface area contributed by atoms with Crippen LogP contribution in [-0.2, 0) is 0 Å². The summed E-state index contributed by atoms with van der Waals surface area (Å²) in [5, 5.41) is 3.18. The minimum atomic E-state index is 0.482. The van der Waals surface area contributed by atoms with E-state index in [1.807, 2.05) is 5.38 Å². The summed E-state index contributed by atoms with van der Waals surface area (Å²) in [7, 11) is 0. The van der Waals surface area contributed by atoms with Gasteiger partial charge in [-0.2, -0.15) is 9.36 Å². The fraction of sp³-hybridized carbons (Fsp3) is 0. The molecule has 0 bridgehead atoms. The van der Waals surface area contributed by atoms with Crippen LogP contribution in [0.5, 0.6) is 0 Å². The maximum Gasteiger partial charge on any atom is 0.203 e. The molecule has 0 radical (unpaired) electrons. The van der Waals surface area contributed by atoms with Gasteiger partial charge in [-0.25, -0.2) is 4.98 Å². The smallest absolute Gasteiger partial charge is 0.203 e. The van der Waals surface area contributed by atoms with E-state index in [1.54, 1.807) is 6.20 Å². The molecular formula is C5H4N4S2. The summed E-state index contributed by atoms with van der Waals surface area (Å²) in [5.41, 5.74) is 5.41. The Balaban J connectivity index is 2.45. The molecule has 0 aromatic carbocycles. The fourth-order valence-corrected chi connectivity index (χ4v) is 1.72. The first kappa shape index (κ1) is 6.68. The summed E-state index contributed by atoms with van der Waals surface area (Å²) in [6.45, 7) is 0. The number of nitrogens with zero attached hydrogens (tertiary/aromatic N) is 3. The Morgan fingerprint density at radius 2 is 2.36 bits per heavy atom. The molecule has 4 nitrogen and oxygen atoms in total. The lowest BCUT2D eigenvalue weighted by molar-refractivity contribution is 1.29. The number of hydrogen-bond acceptors (Lipinski definition) is 6. The van der Waals surface area contributed by atoms with Gasteiger partial charge in [-0.05, 0) is 0 Å². The summed E-state index contributed by atoms with van der Waals surface area (Å²) >= 11 is 2.69. The second-order valence-corrected chi connectivity index (χ2v) is 3.47. The maximum absolute atomic E-state index is 5.41. The fourth-order valence-electron chi connectivity index (χ4n) is 0.656. The zero-order valence-electron chi connectivity index (χ0n) is 5.39. The van der Waals surface area contributed by atoms with Gasteiger partial charge in [0.2, 0.25) is 5.82 Å². The quantitative estimate of drug-likeness (QED) is 0.724. The SMILES string of the molecule is Nc1nc(-c2nccs2)ns1. The van der Waals surface area contributed by atoms with Crippen LogP contribution in [0.25, 0.3) is 10.8 Å². The zero-order chi connectivity index (χ0) is 7.68. The molecule has 0 amide bonds. The van der Waals surface area contributed by atoms with Crippen molar-refractivity contribution < 1.29 is 0 Å². The van der Waals surface area contributed by atoms with Gasteiger partial charge >= 0.3 is 0 Å². The number of aromatic nitrogens is 3. The summed E-state index contributed by atoms with van der Waals surface area (Å²) in [4.78, 5) is 8.03. The first-order valence-corrected chi connectivity index (χ1v) is 4.50. The molecule has 11 heavy (non-hydrogen) atoms. The number of thiazole rings is 1. The molecule has 0 fully saturated rings. The van der Waals surface area contributed by atoms with Crippen molar-refractivity contribution in [2.75, 3.05) is 5.73 Å². The first-order valence-electron chi connectivity index (χ1n) is 2.85. The van der Waals surface area contributed by atoms with Crippen LogP contribution >= 0.6 is 22.9 Å². The van der Waals surface area contributed by atoms with Crippen LogP contribution in [0, 0.1) is 0 Å². The van der Waals surface area contributed by atoms with Crippen molar-refractivity contribution in [1.82, 2.24) is 14.3 Å². The Morgan fingerprint density at radius 3 is 2.91 bits per heavy atom. The third kappa shape index (κ3) is 1.22. The second kappa shape index (κ2) is 2.55. The van der Waals surface area contributed by atoms with Gasteiger partial charge in [0.1, 0.15) is 0 Å². The highest BCUT2D eigenvalue weighted by Gasteiger charge is 2.05. The lowest BCUT2D eigenvalue weighted by atomic mass is 10.6. The van der Waals surface area contributed by atoms with E-state index in [2.05, 4.69) is 14.3 Å². The lowest BCUT2D eigenvalue weighted by Crippen LogP contribution is -1.82. The van der Waals surface area contributed by atoms with E-state index in [0.717, 1.165) is 5.01 Å². The molecule has 2 heterocycles. The van der Waals surface area contributed by atoms with Crippen LogP contribution in [0.3, 0.4) is 0 Å². The summed E-state index contributed by atoms with van der Waals surface area (Å²) in [5.74, 6) is 0.627. The van der Waals surface area contributed by atoms with Crippen LogP contribution in [-0.4, -0.2) is 14.3 Å². The van der Waals surface area contributed by atoms with Gasteiger partial charge in [0, 0.05) is 23.1 Å². The van der Waals surface area contributed by atoms with E-state index < -0.39 is 0 Å². The van der Waals surface area contributed by atoms with Gasteiger partial charge in [-0.15, -0.1) is 11.3 Å². The third-order valence-electron chi connectivity index (χ3n) is 1.07. The molecule has 0 aliphatic heterocycles. The summed E-state index contributed by atoms with van der Waals surface area (Å²) in [6, 6.07) is 0. The number of anilines is 1. The lowest BCUT2D eigenvalue weighted by Gasteiger charge is -1.81. The molecule has 2 N–H and O–H groups in total. The first-order chi connectivity index (χ1) is 5.36. The molecule has 0 spiro atoms. The molecule has 2 aromatic heterocycles. The zero-order valence-corrected chi connectivity index (χ0v) is 7.02. The molecule has 0 aliphatic rings. The summed E-state index contributed by atoms with van der Waals surface area (Å²) in [6.07, 6.45) is 1.72. The van der Waals surface area contributed by atoms with Crippen LogP contribution in [0.4, 0.5) is 5.13 Å². The van der Waals surface area contributed by atoms with E-state index in [4.69, 9.17) is 5.73 Å². The Morgan fingerprint density at radius 1 is 1.45 bits per heavy atom. The Bertz CT molecular complexity index is 339. The predicted octanol–water partition coefficient (Wildman–Crippen LogP) is 1.24. The number of hydrogen-bond donors (Lipinski definition) is 1. The van der Waals surface area contributed by atoms with Crippen LogP contribution in [0.1, 0.15) is 0 Å². The third-order valence-corrected chi connectivity index (χ3v) is 2.38. The standard InChI is InChI=1S/C5H4N4S2/c6-5-8-3(9-11-5)4-7-1-2-10-4/h1-2H,(H2,6,8,9). The highest BCUT2D eigenvalue weighted by molar-refractivity contribution is 7.13. The minimum Gasteiger partial charge on any atom is -0.374 e. The average Bonchev–Trinajstić information content (AvgIpc) is 2.55. The van der Waals surface area contributed by atoms with E-state index >= 15 is 0 Å². The Hall–Kier alpha value is -1.01. The Kier molecular flexibility index (Phi) is 1.55. The normalized spacial score (nSPS) is 10.2. The van der Waals surface area contributed by atoms with Crippen LogP contribution in [0.2, 0.25) is 0 Å². The highest BCUT2D eigenvalue weighted by Crippen LogP contribution is 2.20. The van der Waals surface area contributed by atoms with Crippen molar-refractivity contribution in [1.29, 1.82) is 0 Å².